The molecule has 16 heavy (non-hydrogen) atoms. The van der Waals surface area contributed by atoms with Crippen molar-refractivity contribution in [1.82, 2.24) is 5.32 Å². The van der Waals surface area contributed by atoms with Gasteiger partial charge < -0.3 is 10.1 Å². The first kappa shape index (κ1) is 12.2. The monoisotopic (exact) mass is 233 g/mol. The quantitative estimate of drug-likeness (QED) is 0.804. The lowest BCUT2D eigenvalue weighted by Gasteiger charge is -2.22. The SMILES string of the molecule is CC1(C)C(COCC2CCNCC2)C1(F)F. The summed E-state index contributed by atoms with van der Waals surface area (Å²) in [5.41, 5.74) is -0.860. The van der Waals surface area contributed by atoms with E-state index in [1.165, 1.54) is 0 Å². The highest BCUT2D eigenvalue weighted by molar-refractivity contribution is 5.12. The Kier molecular flexibility index (Phi) is 3.23. The minimum absolute atomic E-state index is 0.212. The summed E-state index contributed by atoms with van der Waals surface area (Å²) in [6, 6.07) is 0. The van der Waals surface area contributed by atoms with E-state index >= 15 is 0 Å². The zero-order chi connectivity index (χ0) is 11.8. The van der Waals surface area contributed by atoms with Crippen molar-refractivity contribution in [2.45, 2.75) is 32.6 Å². The van der Waals surface area contributed by atoms with Crippen molar-refractivity contribution in [3.05, 3.63) is 0 Å². The topological polar surface area (TPSA) is 21.3 Å². The van der Waals surface area contributed by atoms with Crippen molar-refractivity contribution in [1.29, 1.82) is 0 Å². The second-order valence-electron chi connectivity index (χ2n) is 5.63. The largest absolute Gasteiger partial charge is 0.381 e. The number of rotatable bonds is 4. The molecule has 1 saturated heterocycles. The van der Waals surface area contributed by atoms with E-state index in [2.05, 4.69) is 5.32 Å². The van der Waals surface area contributed by atoms with Crippen LogP contribution in [0.4, 0.5) is 8.78 Å². The van der Waals surface area contributed by atoms with Gasteiger partial charge in [0.05, 0.1) is 12.5 Å². The van der Waals surface area contributed by atoms with Gasteiger partial charge in [0.15, 0.2) is 0 Å². The van der Waals surface area contributed by atoms with Crippen LogP contribution in [0.15, 0.2) is 0 Å². The summed E-state index contributed by atoms with van der Waals surface area (Å²) in [7, 11) is 0. The predicted octanol–water partition coefficient (Wildman–Crippen LogP) is 2.29. The second kappa shape index (κ2) is 4.22. The molecule has 2 rings (SSSR count). The minimum Gasteiger partial charge on any atom is -0.381 e. The van der Waals surface area contributed by atoms with Crippen LogP contribution in [0, 0.1) is 17.3 Å². The number of halogens is 2. The Morgan fingerprint density at radius 3 is 2.25 bits per heavy atom. The van der Waals surface area contributed by atoms with Crippen LogP contribution >= 0.6 is 0 Å². The average Bonchev–Trinajstić information content (AvgIpc) is 2.62. The molecule has 0 aromatic rings. The molecular formula is C12H21F2NO. The fraction of sp³-hybridized carbons (Fsp3) is 1.00. The van der Waals surface area contributed by atoms with Crippen molar-refractivity contribution in [3.8, 4) is 0 Å². The lowest BCUT2D eigenvalue weighted by atomic mass is 9.99. The van der Waals surface area contributed by atoms with Gasteiger partial charge in [-0.25, -0.2) is 8.78 Å². The number of alkyl halides is 2. The zero-order valence-corrected chi connectivity index (χ0v) is 10.1. The lowest BCUT2D eigenvalue weighted by molar-refractivity contribution is 0.0336. The van der Waals surface area contributed by atoms with Crippen LogP contribution in [0.2, 0.25) is 0 Å². The summed E-state index contributed by atoms with van der Waals surface area (Å²) in [5, 5.41) is 3.28. The number of ether oxygens (including phenoxy) is 1. The van der Waals surface area contributed by atoms with Crippen molar-refractivity contribution >= 4 is 0 Å². The maximum atomic E-state index is 13.2. The van der Waals surface area contributed by atoms with Crippen LogP contribution in [0.5, 0.6) is 0 Å². The van der Waals surface area contributed by atoms with Gasteiger partial charge in [0.1, 0.15) is 0 Å². The van der Waals surface area contributed by atoms with Crippen molar-refractivity contribution < 1.29 is 13.5 Å². The summed E-state index contributed by atoms with van der Waals surface area (Å²) in [6.07, 6.45) is 2.20. The third kappa shape index (κ3) is 2.09. The van der Waals surface area contributed by atoms with Crippen LogP contribution in [0.1, 0.15) is 26.7 Å². The molecule has 0 aromatic heterocycles. The molecule has 0 spiro atoms. The molecular weight excluding hydrogens is 212 g/mol. The fourth-order valence-electron chi connectivity index (χ4n) is 2.47. The molecule has 0 radical (unpaired) electrons. The molecule has 94 valence electrons. The first-order chi connectivity index (χ1) is 7.46. The van der Waals surface area contributed by atoms with Crippen LogP contribution in [0.3, 0.4) is 0 Å². The van der Waals surface area contributed by atoms with Gasteiger partial charge in [-0.05, 0) is 31.8 Å². The molecule has 4 heteroatoms. The number of hydrogen-bond donors (Lipinski definition) is 1. The Morgan fingerprint density at radius 1 is 1.19 bits per heavy atom. The highest BCUT2D eigenvalue weighted by atomic mass is 19.3. The molecule has 1 N–H and O–H groups in total. The standard InChI is InChI=1S/C12H21F2NO/c1-11(2)10(12(11,13)14)8-16-7-9-3-5-15-6-4-9/h9-10,15H,3-8H2,1-2H3. The molecule has 1 unspecified atom stereocenters. The summed E-state index contributed by atoms with van der Waals surface area (Å²) >= 11 is 0. The summed E-state index contributed by atoms with van der Waals surface area (Å²) in [4.78, 5) is 0. The summed E-state index contributed by atoms with van der Waals surface area (Å²) in [6.45, 7) is 6.14. The van der Waals surface area contributed by atoms with Gasteiger partial charge in [0.2, 0.25) is 0 Å². The molecule has 1 aliphatic heterocycles. The minimum atomic E-state index is -2.53. The Morgan fingerprint density at radius 2 is 1.75 bits per heavy atom. The summed E-state index contributed by atoms with van der Waals surface area (Å²) < 4.78 is 32.0. The maximum Gasteiger partial charge on any atom is 0.259 e. The van der Waals surface area contributed by atoms with Crippen LogP contribution in [-0.2, 0) is 4.74 Å². The average molecular weight is 233 g/mol. The predicted molar refractivity (Wildman–Crippen MR) is 58.6 cm³/mol. The van der Waals surface area contributed by atoms with Gasteiger partial charge in [0, 0.05) is 12.0 Å². The highest BCUT2D eigenvalue weighted by Gasteiger charge is 2.74. The number of piperidine rings is 1. The van der Waals surface area contributed by atoms with E-state index in [1.54, 1.807) is 13.8 Å². The molecule has 2 nitrogen and oxygen atoms in total. The Hall–Kier alpha value is -0.220. The van der Waals surface area contributed by atoms with Crippen molar-refractivity contribution in [3.63, 3.8) is 0 Å². The van der Waals surface area contributed by atoms with Crippen LogP contribution < -0.4 is 5.32 Å². The van der Waals surface area contributed by atoms with E-state index in [1.807, 2.05) is 0 Å². The van der Waals surface area contributed by atoms with E-state index < -0.39 is 17.3 Å². The Labute approximate surface area is 95.7 Å². The molecule has 0 amide bonds. The second-order valence-corrected chi connectivity index (χ2v) is 5.63. The van der Waals surface area contributed by atoms with Gasteiger partial charge in [-0.15, -0.1) is 0 Å². The molecule has 1 atom stereocenters. The fourth-order valence-corrected chi connectivity index (χ4v) is 2.47. The molecule has 0 bridgehead atoms. The summed E-state index contributed by atoms with van der Waals surface area (Å²) in [5.74, 6) is -2.56. The first-order valence-corrected chi connectivity index (χ1v) is 6.12. The first-order valence-electron chi connectivity index (χ1n) is 6.12. The Balaban J connectivity index is 1.66. The normalized spacial score (nSPS) is 32.6. The van der Waals surface area contributed by atoms with Gasteiger partial charge >= 0.3 is 0 Å². The van der Waals surface area contributed by atoms with E-state index in [4.69, 9.17) is 4.74 Å². The van der Waals surface area contributed by atoms with Crippen LogP contribution in [-0.4, -0.2) is 32.2 Å². The van der Waals surface area contributed by atoms with Crippen molar-refractivity contribution in [2.75, 3.05) is 26.3 Å². The molecule has 0 aromatic carbocycles. The van der Waals surface area contributed by atoms with Gasteiger partial charge in [-0.3, -0.25) is 0 Å². The van der Waals surface area contributed by atoms with Gasteiger partial charge in [-0.2, -0.15) is 0 Å². The number of nitrogens with one attached hydrogen (secondary N) is 1. The molecule has 1 heterocycles. The highest BCUT2D eigenvalue weighted by Crippen LogP contribution is 2.65. The molecule has 2 fully saturated rings. The van der Waals surface area contributed by atoms with Gasteiger partial charge in [-0.1, -0.05) is 13.8 Å². The smallest absolute Gasteiger partial charge is 0.259 e. The van der Waals surface area contributed by atoms with E-state index in [0.29, 0.717) is 12.5 Å². The molecule has 1 saturated carbocycles. The van der Waals surface area contributed by atoms with E-state index in [9.17, 15) is 8.78 Å². The third-order valence-corrected chi connectivity index (χ3v) is 4.18. The van der Waals surface area contributed by atoms with Gasteiger partial charge in [0.25, 0.3) is 5.92 Å². The molecule has 2 aliphatic rings. The zero-order valence-electron chi connectivity index (χ0n) is 10.1. The number of hydrogen-bond acceptors (Lipinski definition) is 2. The van der Waals surface area contributed by atoms with E-state index in [0.717, 1.165) is 25.9 Å². The maximum absolute atomic E-state index is 13.2. The molecule has 1 aliphatic carbocycles. The third-order valence-electron chi connectivity index (χ3n) is 4.18. The van der Waals surface area contributed by atoms with Crippen LogP contribution in [0.25, 0.3) is 0 Å². The van der Waals surface area contributed by atoms with Crippen molar-refractivity contribution in [2.24, 2.45) is 17.3 Å². The lowest BCUT2D eigenvalue weighted by Crippen LogP contribution is -2.30. The van der Waals surface area contributed by atoms with E-state index in [-0.39, 0.29) is 6.61 Å². The Bertz CT molecular complexity index is 235.